The molecule has 0 rings (SSSR count). The van der Waals surface area contributed by atoms with Gasteiger partial charge in [-0.2, -0.15) is 0 Å². The van der Waals surface area contributed by atoms with Crippen molar-refractivity contribution in [2.24, 2.45) is 11.3 Å². The second kappa shape index (κ2) is 5.87. The molecule has 0 N–H and O–H groups in total. The van der Waals surface area contributed by atoms with Crippen LogP contribution in [0.25, 0.3) is 0 Å². The molecule has 0 aromatic carbocycles. The summed E-state index contributed by atoms with van der Waals surface area (Å²) in [6, 6.07) is 0. The Labute approximate surface area is 81.5 Å². The van der Waals surface area contributed by atoms with Crippen LogP contribution in [0.5, 0.6) is 0 Å². The first kappa shape index (κ1) is 12.3. The molecule has 0 aliphatic carbocycles. The van der Waals surface area contributed by atoms with Gasteiger partial charge in [-0.25, -0.2) is 0 Å². The van der Waals surface area contributed by atoms with E-state index < -0.39 is 0 Å². The van der Waals surface area contributed by atoms with E-state index in [-0.39, 0.29) is 0 Å². The van der Waals surface area contributed by atoms with E-state index in [2.05, 4.69) is 27.7 Å². The maximum atomic E-state index is 5.27. The zero-order chi connectivity index (χ0) is 9.61. The van der Waals surface area contributed by atoms with Crippen LogP contribution in [0.3, 0.4) is 0 Å². The van der Waals surface area contributed by atoms with Gasteiger partial charge in [0.2, 0.25) is 0 Å². The molecule has 0 spiro atoms. The normalized spacial score (nSPS) is 12.5. The Balaban J connectivity index is 3.56. The van der Waals surface area contributed by atoms with Gasteiger partial charge in [-0.05, 0) is 36.2 Å². The van der Waals surface area contributed by atoms with Crippen LogP contribution >= 0.6 is 12.0 Å². The largest absolute Gasteiger partial charge is 0.316 e. The van der Waals surface area contributed by atoms with E-state index in [9.17, 15) is 0 Å². The minimum atomic E-state index is 0.434. The molecule has 12 heavy (non-hydrogen) atoms. The fourth-order valence-corrected chi connectivity index (χ4v) is 1.86. The molecule has 0 fully saturated rings. The van der Waals surface area contributed by atoms with Gasteiger partial charge >= 0.3 is 0 Å². The van der Waals surface area contributed by atoms with E-state index in [1.54, 1.807) is 0 Å². The molecular formula is C10H22OS. The molecule has 1 nitrogen and oxygen atoms in total. The Morgan fingerprint density at radius 2 is 1.92 bits per heavy atom. The van der Waals surface area contributed by atoms with Crippen molar-refractivity contribution in [3.05, 3.63) is 0 Å². The first-order chi connectivity index (χ1) is 5.48. The molecule has 0 saturated carbocycles. The SMILES string of the molecule is CSOCCC(C)(C)CC(C)C. The van der Waals surface area contributed by atoms with Gasteiger partial charge in [0.05, 0.1) is 6.61 Å². The monoisotopic (exact) mass is 190 g/mol. The van der Waals surface area contributed by atoms with Gasteiger partial charge in [-0.1, -0.05) is 27.7 Å². The highest BCUT2D eigenvalue weighted by molar-refractivity contribution is 7.93. The molecule has 74 valence electrons. The van der Waals surface area contributed by atoms with Crippen molar-refractivity contribution in [2.75, 3.05) is 12.9 Å². The number of hydrogen-bond acceptors (Lipinski definition) is 2. The molecule has 0 aliphatic rings. The van der Waals surface area contributed by atoms with E-state index >= 15 is 0 Å². The molecule has 0 aromatic rings. The summed E-state index contributed by atoms with van der Waals surface area (Å²) in [4.78, 5) is 0. The predicted octanol–water partition coefficient (Wildman–Crippen LogP) is 3.74. The van der Waals surface area contributed by atoms with E-state index in [0.717, 1.165) is 18.9 Å². The lowest BCUT2D eigenvalue weighted by Crippen LogP contribution is -2.16. The molecule has 0 aromatic heterocycles. The summed E-state index contributed by atoms with van der Waals surface area (Å²) in [6.45, 7) is 10.1. The maximum Gasteiger partial charge on any atom is 0.0618 e. The van der Waals surface area contributed by atoms with E-state index in [1.807, 2.05) is 6.26 Å². The van der Waals surface area contributed by atoms with Gasteiger partial charge in [0.15, 0.2) is 0 Å². The van der Waals surface area contributed by atoms with Crippen molar-refractivity contribution < 1.29 is 4.18 Å². The van der Waals surface area contributed by atoms with Crippen LogP contribution in [0.15, 0.2) is 0 Å². The molecule has 0 unspecified atom stereocenters. The average Bonchev–Trinajstić information content (AvgIpc) is 1.84. The first-order valence-corrected chi connectivity index (χ1v) is 5.78. The fourth-order valence-electron chi connectivity index (χ4n) is 1.61. The Bertz CT molecular complexity index is 110. The summed E-state index contributed by atoms with van der Waals surface area (Å²) in [5, 5.41) is 0. The topological polar surface area (TPSA) is 9.23 Å². The minimum Gasteiger partial charge on any atom is -0.316 e. The molecule has 0 heterocycles. The Morgan fingerprint density at radius 3 is 2.33 bits per heavy atom. The van der Waals surface area contributed by atoms with Crippen LogP contribution in [0.4, 0.5) is 0 Å². The van der Waals surface area contributed by atoms with E-state index in [1.165, 1.54) is 18.5 Å². The van der Waals surface area contributed by atoms with E-state index in [4.69, 9.17) is 4.18 Å². The summed E-state index contributed by atoms with van der Waals surface area (Å²) in [7, 11) is 0. The quantitative estimate of drug-likeness (QED) is 0.466. The van der Waals surface area contributed by atoms with Crippen LogP contribution in [-0.4, -0.2) is 12.9 Å². The molecule has 2 heteroatoms. The summed E-state index contributed by atoms with van der Waals surface area (Å²) in [5.74, 6) is 0.786. The third-order valence-electron chi connectivity index (χ3n) is 1.94. The molecule has 0 bridgehead atoms. The average molecular weight is 190 g/mol. The maximum absolute atomic E-state index is 5.27. The zero-order valence-corrected chi connectivity index (χ0v) is 9.83. The van der Waals surface area contributed by atoms with Crippen molar-refractivity contribution in [1.82, 2.24) is 0 Å². The highest BCUT2D eigenvalue weighted by atomic mass is 32.2. The summed E-state index contributed by atoms with van der Waals surface area (Å²) in [6.07, 6.45) is 4.41. The van der Waals surface area contributed by atoms with Gasteiger partial charge < -0.3 is 4.18 Å². The van der Waals surface area contributed by atoms with Gasteiger partial charge in [0, 0.05) is 6.26 Å². The molecule has 0 aliphatic heterocycles. The lowest BCUT2D eigenvalue weighted by Gasteiger charge is -2.26. The van der Waals surface area contributed by atoms with Crippen molar-refractivity contribution >= 4 is 12.0 Å². The molecular weight excluding hydrogens is 168 g/mol. The van der Waals surface area contributed by atoms with Gasteiger partial charge in [0.25, 0.3) is 0 Å². The van der Waals surface area contributed by atoms with Crippen LogP contribution in [0.2, 0.25) is 0 Å². The van der Waals surface area contributed by atoms with Crippen molar-refractivity contribution in [3.8, 4) is 0 Å². The fraction of sp³-hybridized carbons (Fsp3) is 1.00. The standard InChI is InChI=1S/C10H22OS/c1-9(2)8-10(3,4)6-7-11-12-5/h9H,6-8H2,1-5H3. The lowest BCUT2D eigenvalue weighted by atomic mass is 9.81. The van der Waals surface area contributed by atoms with Crippen LogP contribution < -0.4 is 0 Å². The van der Waals surface area contributed by atoms with Crippen LogP contribution in [0, 0.1) is 11.3 Å². The second-order valence-corrected chi connectivity index (χ2v) is 5.07. The summed E-state index contributed by atoms with van der Waals surface area (Å²) < 4.78 is 5.27. The number of hydrogen-bond donors (Lipinski definition) is 0. The van der Waals surface area contributed by atoms with E-state index in [0.29, 0.717) is 5.41 Å². The Morgan fingerprint density at radius 1 is 1.33 bits per heavy atom. The highest BCUT2D eigenvalue weighted by Gasteiger charge is 2.18. The number of rotatable bonds is 6. The lowest BCUT2D eigenvalue weighted by molar-refractivity contribution is 0.215. The van der Waals surface area contributed by atoms with Gasteiger partial charge in [-0.15, -0.1) is 0 Å². The highest BCUT2D eigenvalue weighted by Crippen LogP contribution is 2.29. The van der Waals surface area contributed by atoms with Crippen molar-refractivity contribution in [1.29, 1.82) is 0 Å². The molecule has 0 radical (unpaired) electrons. The van der Waals surface area contributed by atoms with Crippen molar-refractivity contribution in [3.63, 3.8) is 0 Å². The molecule has 0 atom stereocenters. The van der Waals surface area contributed by atoms with Crippen LogP contribution in [0.1, 0.15) is 40.5 Å². The third-order valence-corrected chi connectivity index (χ3v) is 2.34. The zero-order valence-electron chi connectivity index (χ0n) is 9.02. The third kappa shape index (κ3) is 6.99. The Kier molecular flexibility index (Phi) is 6.02. The van der Waals surface area contributed by atoms with Crippen LogP contribution in [-0.2, 0) is 4.18 Å². The smallest absolute Gasteiger partial charge is 0.0618 e. The summed E-state index contributed by atoms with van der Waals surface area (Å²) >= 11 is 1.46. The van der Waals surface area contributed by atoms with Gasteiger partial charge in [0.1, 0.15) is 0 Å². The predicted molar refractivity (Wildman–Crippen MR) is 57.3 cm³/mol. The summed E-state index contributed by atoms with van der Waals surface area (Å²) in [5.41, 5.74) is 0.434. The minimum absolute atomic E-state index is 0.434. The second-order valence-electron chi connectivity index (χ2n) is 4.50. The molecule has 0 saturated heterocycles. The molecule has 0 amide bonds. The van der Waals surface area contributed by atoms with Crippen molar-refractivity contribution in [2.45, 2.75) is 40.5 Å². The Hall–Kier alpha value is 0.310. The first-order valence-electron chi connectivity index (χ1n) is 4.63. The van der Waals surface area contributed by atoms with Gasteiger partial charge in [-0.3, -0.25) is 0 Å².